The molecule has 5 N–H and O–H groups in total. The Morgan fingerprint density at radius 2 is 1.63 bits per heavy atom. The lowest BCUT2D eigenvalue weighted by Crippen LogP contribution is -2.40. The summed E-state index contributed by atoms with van der Waals surface area (Å²) in [6.07, 6.45) is 1.87. The van der Waals surface area contributed by atoms with Crippen LogP contribution in [0.3, 0.4) is 0 Å². The van der Waals surface area contributed by atoms with Crippen molar-refractivity contribution in [1.82, 2.24) is 5.32 Å². The highest BCUT2D eigenvalue weighted by Gasteiger charge is 2.40. The molecular formula is C35H39Cl3N6O4S. The van der Waals surface area contributed by atoms with Crippen LogP contribution in [0.2, 0.25) is 15.1 Å². The second-order valence-electron chi connectivity index (χ2n) is 12.8. The lowest BCUT2D eigenvalue weighted by molar-refractivity contribution is -0.118. The van der Waals surface area contributed by atoms with E-state index in [4.69, 9.17) is 50.7 Å². The van der Waals surface area contributed by atoms with Gasteiger partial charge in [-0.3, -0.25) is 19.8 Å². The number of nitrogens with two attached hydrogens (primary N) is 1. The van der Waals surface area contributed by atoms with E-state index in [1.165, 1.54) is 29.8 Å². The van der Waals surface area contributed by atoms with Gasteiger partial charge in [-0.15, -0.1) is 5.10 Å². The molecule has 1 atom stereocenters. The summed E-state index contributed by atoms with van der Waals surface area (Å²) < 4.78 is 6.05. The molecule has 0 spiro atoms. The van der Waals surface area contributed by atoms with Crippen molar-refractivity contribution in [3.8, 4) is 5.75 Å². The first-order valence-electron chi connectivity index (χ1n) is 15.5. The van der Waals surface area contributed by atoms with Crippen LogP contribution in [0, 0.1) is 5.41 Å². The lowest BCUT2D eigenvalue weighted by Gasteiger charge is -2.30. The summed E-state index contributed by atoms with van der Waals surface area (Å²) in [6.45, 7) is 12.8. The van der Waals surface area contributed by atoms with Crippen molar-refractivity contribution in [2.24, 2.45) is 10.8 Å². The van der Waals surface area contributed by atoms with Crippen molar-refractivity contribution in [2.75, 3.05) is 16.9 Å². The van der Waals surface area contributed by atoms with E-state index in [1.807, 2.05) is 12.1 Å². The first-order chi connectivity index (χ1) is 23.0. The zero-order valence-corrected chi connectivity index (χ0v) is 31.1. The molecule has 1 heterocycles. The lowest BCUT2D eigenvalue weighted by atomic mass is 9.76. The molecule has 0 saturated carbocycles. The maximum atomic E-state index is 13.4. The van der Waals surface area contributed by atoms with Gasteiger partial charge in [0, 0.05) is 21.8 Å². The molecule has 14 heteroatoms. The maximum Gasteiger partial charge on any atom is 0.268 e. The summed E-state index contributed by atoms with van der Waals surface area (Å²) in [4.78, 5) is 39.7. The standard InChI is InChI=1S/C35H39Cl3N6O4S/c1-7-34(3,4)20-12-13-26(23(15-20)35(5,6)8-2)48-18-27(45)41-22-11-9-10-19(14-22)31(46)42-30-29(49-33(39)40)32(47)44(43-30)28-24(37)16-21(36)17-25(28)38/h9-17,29H,7-8,18H2,1-6H3,(H3,39,40)(H,41,45)(H,42,43,46). The number of carbonyl (C=O) groups is 3. The van der Waals surface area contributed by atoms with Crippen LogP contribution in [-0.4, -0.2) is 40.6 Å². The fourth-order valence-electron chi connectivity index (χ4n) is 4.93. The van der Waals surface area contributed by atoms with Crippen LogP contribution in [-0.2, 0) is 20.4 Å². The topological polar surface area (TPSA) is 150 Å². The number of hydrogen-bond acceptors (Lipinski definition) is 7. The smallest absolute Gasteiger partial charge is 0.268 e. The minimum atomic E-state index is -1.16. The van der Waals surface area contributed by atoms with Crippen LogP contribution >= 0.6 is 46.6 Å². The largest absolute Gasteiger partial charge is 0.483 e. The van der Waals surface area contributed by atoms with E-state index >= 15 is 0 Å². The van der Waals surface area contributed by atoms with Gasteiger partial charge >= 0.3 is 0 Å². The maximum absolute atomic E-state index is 13.4. The molecular weight excluding hydrogens is 707 g/mol. The third-order valence-corrected chi connectivity index (χ3v) is 10.3. The molecule has 1 aliphatic rings. The van der Waals surface area contributed by atoms with Crippen molar-refractivity contribution in [3.05, 3.63) is 86.4 Å². The van der Waals surface area contributed by atoms with Crippen LogP contribution in [0.1, 0.15) is 75.9 Å². The normalized spacial score (nSPS) is 14.8. The van der Waals surface area contributed by atoms with E-state index in [0.29, 0.717) is 23.2 Å². The van der Waals surface area contributed by atoms with Crippen LogP contribution in [0.15, 0.2) is 59.7 Å². The number of benzene rings is 3. The number of thioether (sulfide) groups is 1. The van der Waals surface area contributed by atoms with Gasteiger partial charge < -0.3 is 21.1 Å². The molecule has 3 aromatic carbocycles. The molecule has 3 aromatic rings. The van der Waals surface area contributed by atoms with Gasteiger partial charge in [-0.2, -0.15) is 5.01 Å². The fraction of sp³-hybridized carbons (Fsp3) is 0.343. The molecule has 0 aliphatic carbocycles. The highest BCUT2D eigenvalue weighted by atomic mass is 35.5. The number of hydrazone groups is 1. The fourth-order valence-corrected chi connectivity index (χ4v) is 6.58. The van der Waals surface area contributed by atoms with Crippen LogP contribution in [0.25, 0.3) is 0 Å². The SMILES string of the molecule is CCC(C)(C)c1ccc(OCC(=O)Nc2cccc(C(=O)NC3=NN(c4c(Cl)cc(Cl)cc4Cl)C(=O)C3SC(=N)N)c2)c(C(C)(C)CC)c1. The Balaban J connectivity index is 1.50. The quantitative estimate of drug-likeness (QED) is 0.115. The van der Waals surface area contributed by atoms with Crippen molar-refractivity contribution in [2.45, 2.75) is 70.5 Å². The highest BCUT2D eigenvalue weighted by Crippen LogP contribution is 2.40. The molecule has 49 heavy (non-hydrogen) atoms. The molecule has 0 radical (unpaired) electrons. The number of nitrogens with zero attached hydrogens (tertiary/aromatic N) is 2. The second kappa shape index (κ2) is 15.4. The third-order valence-electron chi connectivity index (χ3n) is 8.59. The van der Waals surface area contributed by atoms with E-state index in [1.54, 1.807) is 12.1 Å². The molecule has 0 saturated heterocycles. The van der Waals surface area contributed by atoms with Crippen molar-refractivity contribution < 1.29 is 19.1 Å². The van der Waals surface area contributed by atoms with Crippen molar-refractivity contribution >= 4 is 86.7 Å². The third kappa shape index (κ3) is 8.88. The number of rotatable bonds is 11. The minimum absolute atomic E-state index is 0.00360. The molecule has 0 fully saturated rings. The van der Waals surface area contributed by atoms with E-state index < -0.39 is 23.0 Å². The van der Waals surface area contributed by atoms with E-state index in [9.17, 15) is 14.4 Å². The number of carbonyl (C=O) groups excluding carboxylic acids is 3. The van der Waals surface area contributed by atoms with Crippen LogP contribution in [0.5, 0.6) is 5.75 Å². The Hall–Kier alpha value is -3.77. The molecule has 3 amide bonds. The Morgan fingerprint density at radius 1 is 0.980 bits per heavy atom. The molecule has 4 rings (SSSR count). The monoisotopic (exact) mass is 744 g/mol. The number of halogens is 3. The van der Waals surface area contributed by atoms with E-state index in [0.717, 1.165) is 23.4 Å². The Kier molecular flexibility index (Phi) is 12.0. The summed E-state index contributed by atoms with van der Waals surface area (Å²) >= 11 is 19.4. The van der Waals surface area contributed by atoms with Gasteiger partial charge in [0.25, 0.3) is 17.7 Å². The van der Waals surface area contributed by atoms with Gasteiger partial charge in [-0.05, 0) is 65.6 Å². The summed E-state index contributed by atoms with van der Waals surface area (Å²) in [5.74, 6) is -1.10. The predicted molar refractivity (Wildman–Crippen MR) is 201 cm³/mol. The Bertz CT molecular complexity index is 1810. The van der Waals surface area contributed by atoms with Gasteiger partial charge in [0.15, 0.2) is 22.9 Å². The van der Waals surface area contributed by atoms with Crippen LogP contribution < -0.4 is 26.1 Å². The second-order valence-corrected chi connectivity index (χ2v) is 15.2. The van der Waals surface area contributed by atoms with Gasteiger partial charge in [0.1, 0.15) is 11.4 Å². The summed E-state index contributed by atoms with van der Waals surface area (Å²) in [5.41, 5.74) is 8.25. The molecule has 1 unspecified atom stereocenters. The molecule has 260 valence electrons. The first kappa shape index (κ1) is 38.0. The van der Waals surface area contributed by atoms with Gasteiger partial charge in [-0.1, -0.05) is 106 Å². The number of amidine groups is 2. The number of amides is 3. The number of hydrogen-bond donors (Lipinski definition) is 4. The summed E-state index contributed by atoms with van der Waals surface area (Å²) in [7, 11) is 0. The number of anilines is 2. The summed E-state index contributed by atoms with van der Waals surface area (Å²) in [6, 6.07) is 15.2. The van der Waals surface area contributed by atoms with E-state index in [-0.39, 0.29) is 54.8 Å². The first-order valence-corrected chi connectivity index (χ1v) is 17.6. The molecule has 1 aliphatic heterocycles. The zero-order chi connectivity index (χ0) is 36.3. The van der Waals surface area contributed by atoms with Crippen molar-refractivity contribution in [3.63, 3.8) is 0 Å². The average molecular weight is 746 g/mol. The Labute approximate surface area is 305 Å². The predicted octanol–water partition coefficient (Wildman–Crippen LogP) is 8.12. The van der Waals surface area contributed by atoms with Crippen LogP contribution in [0.4, 0.5) is 11.4 Å². The van der Waals surface area contributed by atoms with Crippen molar-refractivity contribution in [1.29, 1.82) is 5.41 Å². The average Bonchev–Trinajstić information content (AvgIpc) is 3.32. The van der Waals surface area contributed by atoms with Gasteiger partial charge in [0.2, 0.25) is 0 Å². The minimum Gasteiger partial charge on any atom is -0.483 e. The molecule has 10 nitrogen and oxygen atoms in total. The van der Waals surface area contributed by atoms with Gasteiger partial charge in [-0.25, -0.2) is 0 Å². The number of nitrogens with one attached hydrogen (secondary N) is 3. The zero-order valence-electron chi connectivity index (χ0n) is 28.0. The molecule has 0 bridgehead atoms. The number of ether oxygens (including phenoxy) is 1. The molecule has 0 aromatic heterocycles. The highest BCUT2D eigenvalue weighted by molar-refractivity contribution is 8.15. The van der Waals surface area contributed by atoms with E-state index in [2.05, 4.69) is 63.3 Å². The Morgan fingerprint density at radius 3 is 2.24 bits per heavy atom. The van der Waals surface area contributed by atoms with Gasteiger partial charge in [0.05, 0.1) is 10.0 Å². The summed E-state index contributed by atoms with van der Waals surface area (Å²) in [5, 5.41) is 17.2.